The Kier molecular flexibility index (Phi) is 4.26. The van der Waals surface area contributed by atoms with Crippen LogP contribution in [-0.4, -0.2) is 37.1 Å². The van der Waals surface area contributed by atoms with Crippen LogP contribution in [0.2, 0.25) is 0 Å². The van der Waals surface area contributed by atoms with E-state index in [1.807, 2.05) is 0 Å². The van der Waals surface area contributed by atoms with Crippen LogP contribution >= 0.6 is 0 Å². The van der Waals surface area contributed by atoms with Crippen molar-refractivity contribution < 1.29 is 0 Å². The van der Waals surface area contributed by atoms with E-state index in [1.54, 1.807) is 0 Å². The first-order chi connectivity index (χ1) is 7.76. The van der Waals surface area contributed by atoms with E-state index < -0.39 is 0 Å². The maximum atomic E-state index is 3.60. The van der Waals surface area contributed by atoms with Crippen LogP contribution in [0.25, 0.3) is 0 Å². The molecule has 0 spiro atoms. The molecule has 2 nitrogen and oxygen atoms in total. The normalized spacial score (nSPS) is 37.5. The topological polar surface area (TPSA) is 15.3 Å². The Morgan fingerprint density at radius 2 is 2.19 bits per heavy atom. The molecule has 16 heavy (non-hydrogen) atoms. The summed E-state index contributed by atoms with van der Waals surface area (Å²) in [6, 6.07) is 0.819. The molecule has 0 aromatic carbocycles. The molecule has 2 fully saturated rings. The second kappa shape index (κ2) is 5.50. The number of hydrogen-bond donors (Lipinski definition) is 1. The Hall–Kier alpha value is -0.0800. The van der Waals surface area contributed by atoms with E-state index in [0.29, 0.717) is 5.41 Å². The van der Waals surface area contributed by atoms with Crippen molar-refractivity contribution in [1.82, 2.24) is 10.2 Å². The number of nitrogens with one attached hydrogen (secondary N) is 1. The van der Waals surface area contributed by atoms with Gasteiger partial charge in [-0.3, -0.25) is 0 Å². The van der Waals surface area contributed by atoms with Gasteiger partial charge in [0.05, 0.1) is 0 Å². The summed E-state index contributed by atoms with van der Waals surface area (Å²) >= 11 is 0. The van der Waals surface area contributed by atoms with Crippen molar-refractivity contribution >= 4 is 0 Å². The van der Waals surface area contributed by atoms with Gasteiger partial charge in [0.2, 0.25) is 0 Å². The summed E-state index contributed by atoms with van der Waals surface area (Å²) in [5.41, 5.74) is 0.573. The summed E-state index contributed by atoms with van der Waals surface area (Å²) in [7, 11) is 0. The third-order valence-electron chi connectivity index (χ3n) is 4.79. The van der Waals surface area contributed by atoms with Crippen LogP contribution in [-0.2, 0) is 0 Å². The molecule has 2 saturated heterocycles. The maximum absolute atomic E-state index is 3.60. The molecule has 2 heterocycles. The molecule has 0 aromatic rings. The smallest absolute Gasteiger partial charge is 0.00671 e. The van der Waals surface area contributed by atoms with E-state index in [2.05, 4.69) is 24.1 Å². The molecule has 0 saturated carbocycles. The van der Waals surface area contributed by atoms with Crippen molar-refractivity contribution in [2.24, 2.45) is 5.41 Å². The first-order valence-corrected chi connectivity index (χ1v) is 7.20. The monoisotopic (exact) mass is 224 g/mol. The van der Waals surface area contributed by atoms with Gasteiger partial charge in [-0.1, -0.05) is 13.3 Å². The maximum Gasteiger partial charge on any atom is 0.00671 e. The molecule has 0 bridgehead atoms. The second-order valence-electron chi connectivity index (χ2n) is 5.95. The van der Waals surface area contributed by atoms with Crippen LogP contribution in [0.5, 0.6) is 0 Å². The van der Waals surface area contributed by atoms with Gasteiger partial charge in [0, 0.05) is 19.1 Å². The molecule has 0 aliphatic carbocycles. The molecular weight excluding hydrogens is 196 g/mol. The summed E-state index contributed by atoms with van der Waals surface area (Å²) < 4.78 is 0. The van der Waals surface area contributed by atoms with E-state index in [0.717, 1.165) is 6.04 Å². The fourth-order valence-corrected chi connectivity index (χ4v) is 3.40. The molecular formula is C14H28N2. The first-order valence-electron chi connectivity index (χ1n) is 7.20. The summed E-state index contributed by atoms with van der Waals surface area (Å²) in [6.07, 6.45) is 8.40. The third-order valence-corrected chi connectivity index (χ3v) is 4.79. The number of rotatable bonds is 3. The van der Waals surface area contributed by atoms with E-state index in [4.69, 9.17) is 0 Å². The molecule has 0 radical (unpaired) electrons. The first kappa shape index (κ1) is 12.4. The van der Waals surface area contributed by atoms with Crippen molar-refractivity contribution in [2.45, 2.75) is 58.4 Å². The predicted molar refractivity (Wildman–Crippen MR) is 69.7 cm³/mol. The lowest BCUT2D eigenvalue weighted by molar-refractivity contribution is 0.0670. The van der Waals surface area contributed by atoms with E-state index in [-0.39, 0.29) is 0 Å². The Morgan fingerprint density at radius 3 is 2.81 bits per heavy atom. The lowest BCUT2D eigenvalue weighted by Gasteiger charge is -2.44. The number of likely N-dealkylation sites (tertiary alicyclic amines) is 1. The fourth-order valence-electron chi connectivity index (χ4n) is 3.40. The minimum absolute atomic E-state index is 0.573. The lowest BCUT2D eigenvalue weighted by atomic mass is 9.77. The fraction of sp³-hybridized carbons (Fsp3) is 1.00. The summed E-state index contributed by atoms with van der Waals surface area (Å²) in [4.78, 5) is 2.75. The van der Waals surface area contributed by atoms with Crippen LogP contribution in [0, 0.1) is 5.41 Å². The molecule has 2 aliphatic rings. The Balaban J connectivity index is 1.93. The minimum Gasteiger partial charge on any atom is -0.316 e. The molecule has 2 atom stereocenters. The van der Waals surface area contributed by atoms with Crippen molar-refractivity contribution in [3.8, 4) is 0 Å². The van der Waals surface area contributed by atoms with Gasteiger partial charge in [-0.05, 0) is 57.5 Å². The zero-order valence-electron chi connectivity index (χ0n) is 11.1. The van der Waals surface area contributed by atoms with Crippen LogP contribution < -0.4 is 5.32 Å². The average molecular weight is 224 g/mol. The summed E-state index contributed by atoms with van der Waals surface area (Å²) in [5.74, 6) is 0. The lowest BCUT2D eigenvalue weighted by Crippen LogP contribution is -2.50. The Labute approximate surface area is 101 Å². The standard InChI is InChI=1S/C14H28N2/c1-3-14(8-6-9-15-11-14)12-16-10-5-4-7-13(16)2/h13,15H,3-12H2,1-2H3. The van der Waals surface area contributed by atoms with Gasteiger partial charge in [0.15, 0.2) is 0 Å². The van der Waals surface area contributed by atoms with E-state index >= 15 is 0 Å². The highest BCUT2D eigenvalue weighted by atomic mass is 15.2. The number of hydrogen-bond acceptors (Lipinski definition) is 2. The van der Waals surface area contributed by atoms with Gasteiger partial charge in [-0.25, -0.2) is 0 Å². The van der Waals surface area contributed by atoms with Gasteiger partial charge in [0.1, 0.15) is 0 Å². The van der Waals surface area contributed by atoms with Crippen LogP contribution in [0.15, 0.2) is 0 Å². The minimum atomic E-state index is 0.573. The molecule has 2 heteroatoms. The molecule has 0 aromatic heterocycles. The molecule has 2 aliphatic heterocycles. The van der Waals surface area contributed by atoms with Crippen molar-refractivity contribution in [1.29, 1.82) is 0 Å². The van der Waals surface area contributed by atoms with Crippen LogP contribution in [0.4, 0.5) is 0 Å². The highest BCUT2D eigenvalue weighted by Gasteiger charge is 2.33. The second-order valence-corrected chi connectivity index (χ2v) is 5.95. The van der Waals surface area contributed by atoms with E-state index in [1.165, 1.54) is 64.7 Å². The average Bonchev–Trinajstić information content (AvgIpc) is 2.33. The van der Waals surface area contributed by atoms with Crippen molar-refractivity contribution in [2.75, 3.05) is 26.2 Å². The highest BCUT2D eigenvalue weighted by molar-refractivity contribution is 4.89. The van der Waals surface area contributed by atoms with Gasteiger partial charge in [-0.2, -0.15) is 0 Å². The summed E-state index contributed by atoms with van der Waals surface area (Å²) in [6.45, 7) is 9.94. The number of nitrogens with zero attached hydrogens (tertiary/aromatic N) is 1. The predicted octanol–water partition coefficient (Wildman–Crippen LogP) is 2.64. The van der Waals surface area contributed by atoms with E-state index in [9.17, 15) is 0 Å². The Bertz CT molecular complexity index is 209. The molecule has 2 rings (SSSR count). The van der Waals surface area contributed by atoms with Gasteiger partial charge >= 0.3 is 0 Å². The molecule has 0 amide bonds. The molecule has 1 N–H and O–H groups in total. The zero-order valence-corrected chi connectivity index (χ0v) is 11.1. The largest absolute Gasteiger partial charge is 0.316 e. The van der Waals surface area contributed by atoms with Crippen molar-refractivity contribution in [3.63, 3.8) is 0 Å². The van der Waals surface area contributed by atoms with Gasteiger partial charge in [0.25, 0.3) is 0 Å². The van der Waals surface area contributed by atoms with Gasteiger partial charge < -0.3 is 10.2 Å². The van der Waals surface area contributed by atoms with Crippen LogP contribution in [0.3, 0.4) is 0 Å². The van der Waals surface area contributed by atoms with Crippen LogP contribution in [0.1, 0.15) is 52.4 Å². The quantitative estimate of drug-likeness (QED) is 0.793. The third kappa shape index (κ3) is 2.78. The zero-order chi connectivity index (χ0) is 11.4. The summed E-state index contributed by atoms with van der Waals surface area (Å²) in [5, 5.41) is 3.60. The molecule has 2 unspecified atom stereocenters. The molecule has 94 valence electrons. The van der Waals surface area contributed by atoms with Crippen molar-refractivity contribution in [3.05, 3.63) is 0 Å². The number of piperidine rings is 2. The SMILES string of the molecule is CCC1(CN2CCCCC2C)CCCNC1. The highest BCUT2D eigenvalue weighted by Crippen LogP contribution is 2.33. The van der Waals surface area contributed by atoms with Gasteiger partial charge in [-0.15, -0.1) is 0 Å². The Morgan fingerprint density at radius 1 is 1.31 bits per heavy atom.